The van der Waals surface area contributed by atoms with Crippen molar-refractivity contribution in [2.45, 2.75) is 37.1 Å². The maximum atomic E-state index is 13.6. The Bertz CT molecular complexity index is 860. The molecule has 0 aliphatic carbocycles. The standard InChI is InChI=1S/C23H28FN3O2S/c1-30-20-11-9-19(10-12-20)26-23(29)27-14-4-5-17(16-27)8-13-22(28)25-15-18-6-2-3-7-21(18)24/h2-3,6-7,9-12,17H,4-5,8,13-16H2,1H3,(H,25,28)(H,26,29)/t17-/m0/s1. The first-order valence-electron chi connectivity index (χ1n) is 10.2. The van der Waals surface area contributed by atoms with E-state index in [1.165, 1.54) is 6.07 Å². The summed E-state index contributed by atoms with van der Waals surface area (Å²) in [5.74, 6) is -0.105. The van der Waals surface area contributed by atoms with E-state index < -0.39 is 0 Å². The van der Waals surface area contributed by atoms with Crippen LogP contribution < -0.4 is 10.6 Å². The maximum Gasteiger partial charge on any atom is 0.321 e. The van der Waals surface area contributed by atoms with E-state index in [0.29, 0.717) is 24.4 Å². The van der Waals surface area contributed by atoms with Crippen molar-refractivity contribution in [3.8, 4) is 0 Å². The summed E-state index contributed by atoms with van der Waals surface area (Å²) >= 11 is 1.66. The molecule has 0 bridgehead atoms. The number of nitrogens with one attached hydrogen (secondary N) is 2. The maximum absolute atomic E-state index is 13.6. The molecule has 1 atom stereocenters. The van der Waals surface area contributed by atoms with Gasteiger partial charge < -0.3 is 15.5 Å². The van der Waals surface area contributed by atoms with Gasteiger partial charge in [-0.3, -0.25) is 4.79 Å². The minimum absolute atomic E-state index is 0.0892. The van der Waals surface area contributed by atoms with E-state index in [4.69, 9.17) is 0 Å². The zero-order chi connectivity index (χ0) is 21.3. The SMILES string of the molecule is CSc1ccc(NC(=O)N2CCC[C@@H](CCC(=O)NCc3ccccc3F)C2)cc1. The Morgan fingerprint density at radius 1 is 1.17 bits per heavy atom. The lowest BCUT2D eigenvalue weighted by molar-refractivity contribution is -0.121. The number of hydrogen-bond donors (Lipinski definition) is 2. The lowest BCUT2D eigenvalue weighted by Gasteiger charge is -2.32. The van der Waals surface area contributed by atoms with Gasteiger partial charge in [-0.25, -0.2) is 9.18 Å². The minimum Gasteiger partial charge on any atom is -0.352 e. The lowest BCUT2D eigenvalue weighted by atomic mass is 9.93. The summed E-state index contributed by atoms with van der Waals surface area (Å²) < 4.78 is 13.6. The molecule has 1 saturated heterocycles. The Balaban J connectivity index is 1.42. The van der Waals surface area contributed by atoms with Gasteiger partial charge in [-0.15, -0.1) is 11.8 Å². The number of hydrogen-bond acceptors (Lipinski definition) is 3. The van der Waals surface area contributed by atoms with Crippen LogP contribution in [0.25, 0.3) is 0 Å². The van der Waals surface area contributed by atoms with Gasteiger partial charge in [0, 0.05) is 42.2 Å². The highest BCUT2D eigenvalue weighted by atomic mass is 32.2. The van der Waals surface area contributed by atoms with E-state index in [1.54, 1.807) is 30.0 Å². The van der Waals surface area contributed by atoms with Crippen LogP contribution in [0, 0.1) is 11.7 Å². The fourth-order valence-corrected chi connectivity index (χ4v) is 4.03. The van der Waals surface area contributed by atoms with Crippen LogP contribution in [0.1, 0.15) is 31.2 Å². The fraction of sp³-hybridized carbons (Fsp3) is 0.391. The van der Waals surface area contributed by atoms with Gasteiger partial charge in [0.05, 0.1) is 0 Å². The van der Waals surface area contributed by atoms with Gasteiger partial charge in [-0.05, 0) is 61.8 Å². The Kier molecular flexibility index (Phi) is 8.13. The molecule has 1 heterocycles. The number of likely N-dealkylation sites (tertiary alicyclic amines) is 1. The van der Waals surface area contributed by atoms with Crippen LogP contribution >= 0.6 is 11.8 Å². The molecule has 30 heavy (non-hydrogen) atoms. The Morgan fingerprint density at radius 2 is 1.93 bits per heavy atom. The van der Waals surface area contributed by atoms with E-state index in [9.17, 15) is 14.0 Å². The van der Waals surface area contributed by atoms with Crippen molar-refractivity contribution in [3.63, 3.8) is 0 Å². The molecule has 1 aliphatic heterocycles. The zero-order valence-electron chi connectivity index (χ0n) is 17.2. The molecule has 160 valence electrons. The second-order valence-corrected chi connectivity index (χ2v) is 8.40. The van der Waals surface area contributed by atoms with Gasteiger partial charge in [0.1, 0.15) is 5.82 Å². The normalized spacial score (nSPS) is 16.2. The second-order valence-electron chi connectivity index (χ2n) is 7.52. The van der Waals surface area contributed by atoms with Crippen molar-refractivity contribution >= 4 is 29.4 Å². The second kappa shape index (κ2) is 11.0. The monoisotopic (exact) mass is 429 g/mol. The molecular weight excluding hydrogens is 401 g/mol. The summed E-state index contributed by atoms with van der Waals surface area (Å²) in [6, 6.07) is 14.1. The molecule has 5 nitrogen and oxygen atoms in total. The van der Waals surface area contributed by atoms with Crippen molar-refractivity contribution < 1.29 is 14.0 Å². The van der Waals surface area contributed by atoms with Gasteiger partial charge in [0.25, 0.3) is 0 Å². The average Bonchev–Trinajstić information content (AvgIpc) is 2.78. The van der Waals surface area contributed by atoms with Gasteiger partial charge in [0.2, 0.25) is 5.91 Å². The predicted octanol–water partition coefficient (Wildman–Crippen LogP) is 4.89. The molecular formula is C23H28FN3O2S. The number of carbonyl (C=O) groups is 2. The Labute approximate surface area is 181 Å². The molecule has 0 aromatic heterocycles. The highest BCUT2D eigenvalue weighted by Gasteiger charge is 2.24. The van der Waals surface area contributed by atoms with Crippen molar-refractivity contribution in [1.82, 2.24) is 10.2 Å². The topological polar surface area (TPSA) is 61.4 Å². The number of amides is 3. The highest BCUT2D eigenvalue weighted by molar-refractivity contribution is 7.98. The van der Waals surface area contributed by atoms with Crippen LogP contribution in [0.15, 0.2) is 53.4 Å². The summed E-state index contributed by atoms with van der Waals surface area (Å²) in [5, 5.41) is 5.74. The summed E-state index contributed by atoms with van der Waals surface area (Å²) in [4.78, 5) is 27.7. The fourth-order valence-electron chi connectivity index (χ4n) is 3.62. The molecule has 1 fully saturated rings. The largest absolute Gasteiger partial charge is 0.352 e. The van der Waals surface area contributed by atoms with Gasteiger partial charge >= 0.3 is 6.03 Å². The third-order valence-corrected chi connectivity index (χ3v) is 6.10. The molecule has 1 aliphatic rings. The van der Waals surface area contributed by atoms with Gasteiger partial charge in [-0.2, -0.15) is 0 Å². The van der Waals surface area contributed by atoms with Gasteiger partial charge in [0.15, 0.2) is 0 Å². The van der Waals surface area contributed by atoms with E-state index in [0.717, 1.165) is 36.4 Å². The number of urea groups is 1. The van der Waals surface area contributed by atoms with Crippen LogP contribution in [0.5, 0.6) is 0 Å². The first-order chi connectivity index (χ1) is 14.5. The Morgan fingerprint density at radius 3 is 2.67 bits per heavy atom. The number of halogens is 1. The number of thioether (sulfide) groups is 1. The molecule has 0 saturated carbocycles. The first kappa shape index (κ1) is 22.2. The zero-order valence-corrected chi connectivity index (χ0v) is 18.0. The van der Waals surface area contributed by atoms with E-state index in [-0.39, 0.29) is 24.3 Å². The van der Waals surface area contributed by atoms with Crippen molar-refractivity contribution in [1.29, 1.82) is 0 Å². The minimum atomic E-state index is -0.310. The number of piperidine rings is 1. The van der Waals surface area contributed by atoms with E-state index >= 15 is 0 Å². The smallest absolute Gasteiger partial charge is 0.321 e. The van der Waals surface area contributed by atoms with E-state index in [2.05, 4.69) is 10.6 Å². The van der Waals surface area contributed by atoms with Crippen LogP contribution in [-0.2, 0) is 11.3 Å². The van der Waals surface area contributed by atoms with Crippen molar-refractivity contribution in [3.05, 3.63) is 59.9 Å². The van der Waals surface area contributed by atoms with Gasteiger partial charge in [-0.1, -0.05) is 18.2 Å². The molecule has 0 radical (unpaired) electrons. The van der Waals surface area contributed by atoms with Crippen LogP contribution in [0.4, 0.5) is 14.9 Å². The van der Waals surface area contributed by atoms with Crippen molar-refractivity contribution in [2.24, 2.45) is 5.92 Å². The number of nitrogens with zero attached hydrogens (tertiary/aromatic N) is 1. The number of benzene rings is 2. The number of carbonyl (C=O) groups excluding carboxylic acids is 2. The molecule has 7 heteroatoms. The summed E-state index contributed by atoms with van der Waals surface area (Å²) in [5.41, 5.74) is 1.27. The summed E-state index contributed by atoms with van der Waals surface area (Å²) in [7, 11) is 0. The van der Waals surface area contributed by atoms with Crippen LogP contribution in [0.3, 0.4) is 0 Å². The molecule has 2 N–H and O–H groups in total. The molecule has 3 amide bonds. The summed E-state index contributed by atoms with van der Waals surface area (Å²) in [6.45, 7) is 1.57. The van der Waals surface area contributed by atoms with Crippen LogP contribution in [0.2, 0.25) is 0 Å². The quantitative estimate of drug-likeness (QED) is 0.616. The molecule has 2 aromatic rings. The third-order valence-electron chi connectivity index (χ3n) is 5.36. The molecule has 0 spiro atoms. The Hall–Kier alpha value is -2.54. The lowest BCUT2D eigenvalue weighted by Crippen LogP contribution is -2.42. The van der Waals surface area contributed by atoms with Crippen molar-refractivity contribution in [2.75, 3.05) is 24.7 Å². The molecule has 0 unspecified atom stereocenters. The number of rotatable bonds is 7. The number of anilines is 1. The van der Waals surface area contributed by atoms with Crippen LogP contribution in [-0.4, -0.2) is 36.2 Å². The molecule has 3 rings (SSSR count). The third kappa shape index (κ3) is 6.49. The summed E-state index contributed by atoms with van der Waals surface area (Å²) in [6.07, 6.45) is 5.05. The van der Waals surface area contributed by atoms with E-state index in [1.807, 2.05) is 35.4 Å². The highest BCUT2D eigenvalue weighted by Crippen LogP contribution is 2.23. The predicted molar refractivity (Wildman–Crippen MR) is 119 cm³/mol. The average molecular weight is 430 g/mol. The molecule has 2 aromatic carbocycles. The first-order valence-corrected chi connectivity index (χ1v) is 11.5.